The summed E-state index contributed by atoms with van der Waals surface area (Å²) in [6, 6.07) is 0.154. The SMILES string of the molecule is CC(=O)C(=CN)N(C(C)=O)C1CCCC1. The van der Waals surface area contributed by atoms with Crippen molar-refractivity contribution in [3.05, 3.63) is 11.9 Å². The Kier molecular flexibility index (Phi) is 3.88. The quantitative estimate of drug-likeness (QED) is 0.711. The van der Waals surface area contributed by atoms with Gasteiger partial charge in [-0.05, 0) is 12.8 Å². The van der Waals surface area contributed by atoms with Crippen LogP contribution in [-0.4, -0.2) is 22.6 Å². The second-order valence-electron chi connectivity index (χ2n) is 3.94. The minimum atomic E-state index is -0.153. The van der Waals surface area contributed by atoms with E-state index in [2.05, 4.69) is 0 Å². The standard InChI is InChI=1S/C11H18N2O2/c1-8(14)11(7-12)13(9(2)15)10-5-3-4-6-10/h7,10H,3-6,12H2,1-2H3. The van der Waals surface area contributed by atoms with E-state index in [1.807, 2.05) is 0 Å². The first-order valence-electron chi connectivity index (χ1n) is 5.30. The van der Waals surface area contributed by atoms with E-state index in [-0.39, 0.29) is 17.7 Å². The van der Waals surface area contributed by atoms with Crippen LogP contribution in [0.2, 0.25) is 0 Å². The molecule has 0 saturated heterocycles. The van der Waals surface area contributed by atoms with E-state index in [9.17, 15) is 9.59 Å². The average Bonchev–Trinajstić information content (AvgIpc) is 2.64. The number of hydrogen-bond donors (Lipinski definition) is 1. The van der Waals surface area contributed by atoms with E-state index >= 15 is 0 Å². The lowest BCUT2D eigenvalue weighted by Crippen LogP contribution is -2.39. The third-order valence-electron chi connectivity index (χ3n) is 2.81. The topological polar surface area (TPSA) is 63.4 Å². The minimum Gasteiger partial charge on any atom is -0.403 e. The lowest BCUT2D eigenvalue weighted by Gasteiger charge is -2.28. The van der Waals surface area contributed by atoms with Crippen molar-refractivity contribution in [3.8, 4) is 0 Å². The maximum atomic E-state index is 11.5. The summed E-state index contributed by atoms with van der Waals surface area (Å²) in [6.45, 7) is 2.91. The monoisotopic (exact) mass is 210 g/mol. The molecule has 15 heavy (non-hydrogen) atoms. The van der Waals surface area contributed by atoms with Gasteiger partial charge in [0.05, 0.1) is 0 Å². The van der Waals surface area contributed by atoms with E-state index in [0.717, 1.165) is 25.7 Å². The van der Waals surface area contributed by atoms with Gasteiger partial charge in [-0.25, -0.2) is 0 Å². The summed E-state index contributed by atoms with van der Waals surface area (Å²) in [4.78, 5) is 24.4. The van der Waals surface area contributed by atoms with Crippen molar-refractivity contribution in [1.82, 2.24) is 4.90 Å². The number of amides is 1. The smallest absolute Gasteiger partial charge is 0.224 e. The van der Waals surface area contributed by atoms with Crippen LogP contribution >= 0.6 is 0 Å². The lowest BCUT2D eigenvalue weighted by atomic mass is 10.1. The molecule has 1 aliphatic rings. The highest BCUT2D eigenvalue weighted by Crippen LogP contribution is 2.26. The van der Waals surface area contributed by atoms with Gasteiger partial charge in [0.1, 0.15) is 5.70 Å². The van der Waals surface area contributed by atoms with Gasteiger partial charge in [-0.2, -0.15) is 0 Å². The van der Waals surface area contributed by atoms with Gasteiger partial charge in [0.2, 0.25) is 5.91 Å². The Labute approximate surface area is 90.1 Å². The number of hydrogen-bond acceptors (Lipinski definition) is 3. The van der Waals surface area contributed by atoms with Crippen LogP contribution in [0.4, 0.5) is 0 Å². The van der Waals surface area contributed by atoms with Crippen molar-refractivity contribution in [2.45, 2.75) is 45.6 Å². The third-order valence-corrected chi connectivity index (χ3v) is 2.81. The molecule has 1 amide bonds. The van der Waals surface area contributed by atoms with Gasteiger partial charge >= 0.3 is 0 Å². The molecule has 1 rings (SSSR count). The zero-order chi connectivity index (χ0) is 11.4. The molecule has 0 aromatic rings. The van der Waals surface area contributed by atoms with Gasteiger partial charge < -0.3 is 10.6 Å². The summed E-state index contributed by atoms with van der Waals surface area (Å²) < 4.78 is 0. The molecule has 0 heterocycles. The maximum absolute atomic E-state index is 11.5. The molecular weight excluding hydrogens is 192 g/mol. The van der Waals surface area contributed by atoms with Crippen LogP contribution in [0.5, 0.6) is 0 Å². The summed E-state index contributed by atoms with van der Waals surface area (Å²) in [6.07, 6.45) is 5.39. The Morgan fingerprint density at radius 1 is 1.27 bits per heavy atom. The Bertz CT molecular complexity index is 291. The van der Waals surface area contributed by atoms with E-state index in [0.29, 0.717) is 5.70 Å². The van der Waals surface area contributed by atoms with E-state index in [1.165, 1.54) is 20.0 Å². The Hall–Kier alpha value is -1.32. The summed E-state index contributed by atoms with van der Waals surface area (Å²) in [5.74, 6) is -0.256. The molecule has 0 atom stereocenters. The van der Waals surface area contributed by atoms with Gasteiger partial charge in [-0.15, -0.1) is 0 Å². The van der Waals surface area contributed by atoms with E-state index < -0.39 is 0 Å². The Balaban J connectivity index is 2.90. The Morgan fingerprint density at radius 3 is 2.13 bits per heavy atom. The number of carbonyl (C=O) groups excluding carboxylic acids is 2. The summed E-state index contributed by atoms with van der Waals surface area (Å²) in [5, 5.41) is 0. The second-order valence-corrected chi connectivity index (χ2v) is 3.94. The highest BCUT2D eigenvalue weighted by Gasteiger charge is 2.28. The lowest BCUT2D eigenvalue weighted by molar-refractivity contribution is -0.131. The minimum absolute atomic E-state index is 0.103. The number of rotatable bonds is 3. The Morgan fingerprint density at radius 2 is 1.80 bits per heavy atom. The molecule has 2 N–H and O–H groups in total. The maximum Gasteiger partial charge on any atom is 0.224 e. The molecule has 84 valence electrons. The number of allylic oxidation sites excluding steroid dienone is 1. The molecule has 0 aliphatic heterocycles. The van der Waals surface area contributed by atoms with Gasteiger partial charge in [-0.1, -0.05) is 12.8 Å². The molecule has 0 radical (unpaired) electrons. The van der Waals surface area contributed by atoms with Crippen LogP contribution in [0.15, 0.2) is 11.9 Å². The van der Waals surface area contributed by atoms with Crippen molar-refractivity contribution in [2.75, 3.05) is 0 Å². The van der Waals surface area contributed by atoms with Crippen molar-refractivity contribution >= 4 is 11.7 Å². The number of ketones is 1. The molecule has 0 aromatic heterocycles. The molecule has 4 heteroatoms. The van der Waals surface area contributed by atoms with Crippen molar-refractivity contribution in [2.24, 2.45) is 5.73 Å². The van der Waals surface area contributed by atoms with Crippen LogP contribution < -0.4 is 5.73 Å². The van der Waals surface area contributed by atoms with E-state index in [1.54, 1.807) is 4.90 Å². The molecular formula is C11H18N2O2. The van der Waals surface area contributed by atoms with E-state index in [4.69, 9.17) is 5.73 Å². The fraction of sp³-hybridized carbons (Fsp3) is 0.636. The molecule has 4 nitrogen and oxygen atoms in total. The normalized spacial score (nSPS) is 17.9. The number of Topliss-reactive ketones (excluding diaryl/α,β-unsaturated/α-hetero) is 1. The zero-order valence-electron chi connectivity index (χ0n) is 9.32. The highest BCUT2D eigenvalue weighted by atomic mass is 16.2. The molecule has 0 unspecified atom stereocenters. The largest absolute Gasteiger partial charge is 0.403 e. The van der Waals surface area contributed by atoms with Crippen LogP contribution in [-0.2, 0) is 9.59 Å². The zero-order valence-corrected chi connectivity index (χ0v) is 9.32. The third kappa shape index (κ3) is 2.58. The second kappa shape index (κ2) is 4.96. The molecule has 1 saturated carbocycles. The summed E-state index contributed by atoms with van der Waals surface area (Å²) in [7, 11) is 0. The van der Waals surface area contributed by atoms with Crippen LogP contribution in [0.25, 0.3) is 0 Å². The number of carbonyl (C=O) groups is 2. The average molecular weight is 210 g/mol. The summed E-state index contributed by atoms with van der Waals surface area (Å²) in [5.41, 5.74) is 5.73. The molecule has 0 bridgehead atoms. The highest BCUT2D eigenvalue weighted by molar-refractivity contribution is 5.96. The fourth-order valence-corrected chi connectivity index (χ4v) is 2.15. The van der Waals surface area contributed by atoms with Gasteiger partial charge in [0, 0.05) is 26.1 Å². The van der Waals surface area contributed by atoms with Gasteiger partial charge in [-0.3, -0.25) is 9.59 Å². The number of nitrogens with zero attached hydrogens (tertiary/aromatic N) is 1. The molecule has 1 fully saturated rings. The van der Waals surface area contributed by atoms with Crippen molar-refractivity contribution in [3.63, 3.8) is 0 Å². The fourth-order valence-electron chi connectivity index (χ4n) is 2.15. The first-order chi connectivity index (χ1) is 7.07. The molecule has 0 aromatic carbocycles. The predicted octanol–water partition coefficient (Wildman–Crippen LogP) is 1.17. The van der Waals surface area contributed by atoms with Crippen LogP contribution in [0.1, 0.15) is 39.5 Å². The van der Waals surface area contributed by atoms with Gasteiger partial charge in [0.25, 0.3) is 0 Å². The first-order valence-corrected chi connectivity index (χ1v) is 5.30. The first kappa shape index (κ1) is 11.8. The molecule has 0 spiro atoms. The van der Waals surface area contributed by atoms with Gasteiger partial charge in [0.15, 0.2) is 5.78 Å². The van der Waals surface area contributed by atoms with Crippen molar-refractivity contribution in [1.29, 1.82) is 0 Å². The molecule has 1 aliphatic carbocycles. The summed E-state index contributed by atoms with van der Waals surface area (Å²) >= 11 is 0. The number of nitrogens with two attached hydrogens (primary N) is 1. The van der Waals surface area contributed by atoms with Crippen LogP contribution in [0, 0.1) is 0 Å². The van der Waals surface area contributed by atoms with Crippen molar-refractivity contribution < 1.29 is 9.59 Å². The van der Waals surface area contributed by atoms with Crippen LogP contribution in [0.3, 0.4) is 0 Å². The predicted molar refractivity (Wildman–Crippen MR) is 57.7 cm³/mol.